The Morgan fingerprint density at radius 2 is 1.72 bits per heavy atom. The van der Waals surface area contributed by atoms with Crippen LogP contribution in [0.5, 0.6) is 0 Å². The van der Waals surface area contributed by atoms with Crippen LogP contribution < -0.4 is 4.31 Å². The van der Waals surface area contributed by atoms with Gasteiger partial charge in [0.1, 0.15) is 0 Å². The van der Waals surface area contributed by atoms with Gasteiger partial charge < -0.3 is 0 Å². The predicted molar refractivity (Wildman–Crippen MR) is 104 cm³/mol. The molecule has 1 aliphatic rings. The molecule has 1 unspecified atom stereocenters. The quantitative estimate of drug-likeness (QED) is 0.658. The van der Waals surface area contributed by atoms with Crippen LogP contribution in [0.1, 0.15) is 50.7 Å². The molecule has 134 valence electrons. The molecule has 2 aromatic rings. The maximum Gasteiger partial charge on any atom is 0.264 e. The average Bonchev–Trinajstić information content (AvgIpc) is 2.95. The second-order valence-corrected chi connectivity index (χ2v) is 8.75. The van der Waals surface area contributed by atoms with Crippen molar-refractivity contribution in [1.29, 1.82) is 0 Å². The van der Waals surface area contributed by atoms with E-state index in [1.807, 2.05) is 43.3 Å². The van der Waals surface area contributed by atoms with E-state index < -0.39 is 10.0 Å². The fourth-order valence-corrected chi connectivity index (χ4v) is 5.29. The van der Waals surface area contributed by atoms with E-state index in [1.165, 1.54) is 24.8 Å². The third kappa shape index (κ3) is 3.74. The number of sulfonamides is 1. The molecule has 0 saturated heterocycles. The van der Waals surface area contributed by atoms with Crippen molar-refractivity contribution in [2.24, 2.45) is 0 Å². The standard InChI is InChI=1S/C21H27NO2S/c1-3-4-5-6-9-18-12-14-20(15-13-18)25(23,24)22-17(2)16-19-10-7-8-11-21(19)22/h7-8,10-15,17H,3-6,9,16H2,1-2H3. The molecule has 0 fully saturated rings. The number of benzene rings is 2. The molecule has 3 nitrogen and oxygen atoms in total. The highest BCUT2D eigenvalue weighted by Crippen LogP contribution is 2.36. The molecule has 0 N–H and O–H groups in total. The number of rotatable bonds is 7. The van der Waals surface area contributed by atoms with Gasteiger partial charge in [0.25, 0.3) is 10.0 Å². The van der Waals surface area contributed by atoms with Gasteiger partial charge in [-0.15, -0.1) is 0 Å². The van der Waals surface area contributed by atoms with Gasteiger partial charge in [0.2, 0.25) is 0 Å². The Bertz CT molecular complexity index is 812. The van der Waals surface area contributed by atoms with Crippen molar-refractivity contribution in [3.63, 3.8) is 0 Å². The minimum atomic E-state index is -3.51. The van der Waals surface area contributed by atoms with Crippen molar-refractivity contribution in [2.45, 2.75) is 63.3 Å². The van der Waals surface area contributed by atoms with Crippen molar-refractivity contribution in [3.8, 4) is 0 Å². The summed E-state index contributed by atoms with van der Waals surface area (Å²) in [4.78, 5) is 0.383. The van der Waals surface area contributed by atoms with Crippen LogP contribution in [-0.2, 0) is 22.9 Å². The van der Waals surface area contributed by atoms with Gasteiger partial charge in [-0.3, -0.25) is 4.31 Å². The first-order valence-corrected chi connectivity index (χ1v) is 10.7. The molecule has 1 aliphatic heterocycles. The molecule has 0 radical (unpaired) electrons. The summed E-state index contributed by atoms with van der Waals surface area (Å²) in [6.07, 6.45) is 6.68. The summed E-state index contributed by atoms with van der Waals surface area (Å²) in [5.41, 5.74) is 3.13. The Balaban J connectivity index is 1.79. The van der Waals surface area contributed by atoms with Gasteiger partial charge in [0, 0.05) is 6.04 Å². The minimum Gasteiger partial charge on any atom is -0.263 e. The lowest BCUT2D eigenvalue weighted by atomic mass is 10.1. The van der Waals surface area contributed by atoms with Gasteiger partial charge in [0.05, 0.1) is 10.6 Å². The van der Waals surface area contributed by atoms with E-state index >= 15 is 0 Å². The number of aryl methyl sites for hydroxylation is 1. The van der Waals surface area contributed by atoms with E-state index in [-0.39, 0.29) is 6.04 Å². The normalized spacial score (nSPS) is 16.9. The average molecular weight is 358 g/mol. The van der Waals surface area contributed by atoms with E-state index in [2.05, 4.69) is 6.92 Å². The highest BCUT2D eigenvalue weighted by Gasteiger charge is 2.35. The molecule has 0 aromatic heterocycles. The van der Waals surface area contributed by atoms with Crippen LogP contribution in [0, 0.1) is 0 Å². The fraction of sp³-hybridized carbons (Fsp3) is 0.429. The molecule has 0 aliphatic carbocycles. The highest BCUT2D eigenvalue weighted by atomic mass is 32.2. The summed E-state index contributed by atoms with van der Waals surface area (Å²) < 4.78 is 27.9. The summed E-state index contributed by atoms with van der Waals surface area (Å²) >= 11 is 0. The monoisotopic (exact) mass is 357 g/mol. The van der Waals surface area contributed by atoms with Gasteiger partial charge in [0.15, 0.2) is 0 Å². The zero-order valence-corrected chi connectivity index (χ0v) is 15.9. The van der Waals surface area contributed by atoms with Gasteiger partial charge in [-0.2, -0.15) is 0 Å². The number of para-hydroxylation sites is 1. The Hall–Kier alpha value is -1.81. The van der Waals surface area contributed by atoms with Crippen molar-refractivity contribution in [2.75, 3.05) is 4.31 Å². The lowest BCUT2D eigenvalue weighted by Gasteiger charge is -2.24. The van der Waals surface area contributed by atoms with E-state index in [9.17, 15) is 8.42 Å². The molecule has 0 amide bonds. The van der Waals surface area contributed by atoms with E-state index in [0.29, 0.717) is 4.90 Å². The molecule has 3 rings (SSSR count). The number of unbranched alkanes of at least 4 members (excludes halogenated alkanes) is 3. The summed E-state index contributed by atoms with van der Waals surface area (Å²) in [6.45, 7) is 4.18. The number of fused-ring (bicyclic) bond motifs is 1. The van der Waals surface area contributed by atoms with Gasteiger partial charge in [-0.05, 0) is 55.5 Å². The molecule has 2 aromatic carbocycles. The largest absolute Gasteiger partial charge is 0.264 e. The summed E-state index contributed by atoms with van der Waals surface area (Å²) in [7, 11) is -3.51. The van der Waals surface area contributed by atoms with Gasteiger partial charge in [-0.25, -0.2) is 8.42 Å². The number of nitrogens with zero attached hydrogens (tertiary/aromatic N) is 1. The van der Waals surface area contributed by atoms with Gasteiger partial charge >= 0.3 is 0 Å². The smallest absolute Gasteiger partial charge is 0.263 e. The van der Waals surface area contributed by atoms with Crippen LogP contribution in [0.15, 0.2) is 53.4 Å². The third-order valence-electron chi connectivity index (χ3n) is 4.94. The number of hydrogen-bond acceptors (Lipinski definition) is 2. The first-order valence-electron chi connectivity index (χ1n) is 9.25. The zero-order valence-electron chi connectivity index (χ0n) is 15.1. The zero-order chi connectivity index (χ0) is 17.9. The van der Waals surface area contributed by atoms with E-state index in [1.54, 1.807) is 16.4 Å². The van der Waals surface area contributed by atoms with Crippen molar-refractivity contribution >= 4 is 15.7 Å². The summed E-state index contributed by atoms with van der Waals surface area (Å²) in [5, 5.41) is 0. The first kappa shape index (κ1) is 18.0. The molecule has 1 atom stereocenters. The lowest BCUT2D eigenvalue weighted by Crippen LogP contribution is -2.35. The van der Waals surface area contributed by atoms with Crippen LogP contribution >= 0.6 is 0 Å². The van der Waals surface area contributed by atoms with Crippen LogP contribution in [0.25, 0.3) is 0 Å². The second kappa shape index (κ2) is 7.61. The van der Waals surface area contributed by atoms with E-state index in [4.69, 9.17) is 0 Å². The summed E-state index contributed by atoms with van der Waals surface area (Å²) in [6, 6.07) is 15.2. The fourth-order valence-electron chi connectivity index (χ4n) is 3.60. The first-order chi connectivity index (χ1) is 12.0. The molecular weight excluding hydrogens is 330 g/mol. The van der Waals surface area contributed by atoms with Crippen molar-refractivity contribution < 1.29 is 8.42 Å². The lowest BCUT2D eigenvalue weighted by molar-refractivity contribution is 0.584. The third-order valence-corrected chi connectivity index (χ3v) is 6.89. The minimum absolute atomic E-state index is 0.0453. The molecule has 0 saturated carbocycles. The Kier molecular flexibility index (Phi) is 5.48. The molecule has 0 spiro atoms. The van der Waals surface area contributed by atoms with E-state index in [0.717, 1.165) is 30.5 Å². The van der Waals surface area contributed by atoms with Crippen LogP contribution in [0.3, 0.4) is 0 Å². The van der Waals surface area contributed by atoms with Gasteiger partial charge in [-0.1, -0.05) is 56.5 Å². The van der Waals surface area contributed by atoms with Crippen molar-refractivity contribution in [1.82, 2.24) is 0 Å². The predicted octanol–water partition coefficient (Wildman–Crippen LogP) is 4.95. The Morgan fingerprint density at radius 1 is 1.00 bits per heavy atom. The molecule has 1 heterocycles. The van der Waals surface area contributed by atoms with Crippen LogP contribution in [0.2, 0.25) is 0 Å². The molecule has 25 heavy (non-hydrogen) atoms. The highest BCUT2D eigenvalue weighted by molar-refractivity contribution is 7.92. The molecular formula is C21H27NO2S. The summed E-state index contributed by atoms with van der Waals surface area (Å²) in [5.74, 6) is 0. The van der Waals surface area contributed by atoms with Crippen molar-refractivity contribution in [3.05, 3.63) is 59.7 Å². The van der Waals surface area contributed by atoms with Crippen LogP contribution in [-0.4, -0.2) is 14.5 Å². The molecule has 0 bridgehead atoms. The van der Waals surface area contributed by atoms with Crippen LogP contribution in [0.4, 0.5) is 5.69 Å². The maximum absolute atomic E-state index is 13.1. The Morgan fingerprint density at radius 3 is 2.44 bits per heavy atom. The topological polar surface area (TPSA) is 37.4 Å². The second-order valence-electron chi connectivity index (χ2n) is 6.94. The number of anilines is 1. The Labute approximate surface area is 151 Å². The maximum atomic E-state index is 13.1. The number of hydrogen-bond donors (Lipinski definition) is 0. The molecule has 4 heteroatoms. The SMILES string of the molecule is CCCCCCc1ccc(S(=O)(=O)N2c3ccccc3CC2C)cc1.